The Kier molecular flexibility index (Phi) is 4.08. The predicted molar refractivity (Wildman–Crippen MR) is 76.3 cm³/mol. The van der Waals surface area contributed by atoms with E-state index in [1.165, 1.54) is 6.07 Å². The number of rotatable bonds is 3. The topological polar surface area (TPSA) is 49.8 Å². The fourth-order valence-electron chi connectivity index (χ4n) is 1.65. The molecule has 0 saturated carbocycles. The second-order valence-electron chi connectivity index (χ2n) is 4.23. The molecule has 0 unspecified atom stereocenters. The van der Waals surface area contributed by atoms with Crippen molar-refractivity contribution in [1.82, 2.24) is 0 Å². The molecule has 0 heterocycles. The molecule has 2 rings (SSSR count). The quantitative estimate of drug-likeness (QED) is 0.681. The SMILES string of the molecule is Cc1cc(SCc2ccc(F)c(C#N)c2)ccc1N. The third-order valence-corrected chi connectivity index (χ3v) is 3.86. The average Bonchev–Trinajstić information content (AvgIpc) is 2.41. The highest BCUT2D eigenvalue weighted by Crippen LogP contribution is 2.26. The summed E-state index contributed by atoms with van der Waals surface area (Å²) in [6, 6.07) is 12.3. The first-order valence-electron chi connectivity index (χ1n) is 5.77. The lowest BCUT2D eigenvalue weighted by Gasteiger charge is -2.05. The highest BCUT2D eigenvalue weighted by Gasteiger charge is 2.04. The van der Waals surface area contributed by atoms with Gasteiger partial charge in [0, 0.05) is 16.3 Å². The van der Waals surface area contributed by atoms with Gasteiger partial charge >= 0.3 is 0 Å². The molecule has 0 bridgehead atoms. The van der Waals surface area contributed by atoms with Crippen LogP contribution in [0.5, 0.6) is 0 Å². The summed E-state index contributed by atoms with van der Waals surface area (Å²) in [6.45, 7) is 1.96. The molecule has 19 heavy (non-hydrogen) atoms. The molecule has 0 fully saturated rings. The Bertz CT molecular complexity index is 647. The van der Waals surface area contributed by atoms with Crippen molar-refractivity contribution < 1.29 is 4.39 Å². The van der Waals surface area contributed by atoms with E-state index in [2.05, 4.69) is 0 Å². The number of nitrogen functional groups attached to an aromatic ring is 1. The van der Waals surface area contributed by atoms with E-state index in [0.717, 1.165) is 21.7 Å². The fraction of sp³-hybridized carbons (Fsp3) is 0.133. The van der Waals surface area contributed by atoms with Crippen LogP contribution in [-0.2, 0) is 5.75 Å². The summed E-state index contributed by atoms with van der Waals surface area (Å²) in [7, 11) is 0. The Morgan fingerprint density at radius 2 is 2.05 bits per heavy atom. The van der Waals surface area contributed by atoms with Crippen molar-refractivity contribution in [2.24, 2.45) is 0 Å². The second-order valence-corrected chi connectivity index (χ2v) is 5.28. The lowest BCUT2D eigenvalue weighted by molar-refractivity contribution is 0.623. The van der Waals surface area contributed by atoms with Gasteiger partial charge < -0.3 is 5.73 Å². The molecule has 2 N–H and O–H groups in total. The first-order valence-corrected chi connectivity index (χ1v) is 6.76. The molecule has 2 nitrogen and oxygen atoms in total. The Labute approximate surface area is 116 Å². The van der Waals surface area contributed by atoms with Gasteiger partial charge in [-0.25, -0.2) is 4.39 Å². The van der Waals surface area contributed by atoms with Crippen molar-refractivity contribution in [3.05, 3.63) is 58.9 Å². The highest BCUT2D eigenvalue weighted by atomic mass is 32.2. The van der Waals surface area contributed by atoms with Gasteiger partial charge in [-0.15, -0.1) is 11.8 Å². The van der Waals surface area contributed by atoms with Crippen LogP contribution >= 0.6 is 11.8 Å². The molecule has 0 radical (unpaired) electrons. The summed E-state index contributed by atoms with van der Waals surface area (Å²) >= 11 is 1.63. The van der Waals surface area contributed by atoms with E-state index in [1.807, 2.05) is 31.2 Å². The van der Waals surface area contributed by atoms with Crippen molar-refractivity contribution >= 4 is 17.4 Å². The molecule has 0 aliphatic rings. The largest absolute Gasteiger partial charge is 0.399 e. The van der Waals surface area contributed by atoms with Crippen LogP contribution in [0.15, 0.2) is 41.3 Å². The number of hydrogen-bond donors (Lipinski definition) is 1. The zero-order valence-corrected chi connectivity index (χ0v) is 11.3. The van der Waals surface area contributed by atoms with Crippen LogP contribution in [0.1, 0.15) is 16.7 Å². The first-order chi connectivity index (χ1) is 9.10. The van der Waals surface area contributed by atoms with E-state index >= 15 is 0 Å². The van der Waals surface area contributed by atoms with Crippen LogP contribution in [-0.4, -0.2) is 0 Å². The maximum absolute atomic E-state index is 13.2. The molecule has 0 amide bonds. The fourth-order valence-corrected chi connectivity index (χ4v) is 2.59. The number of benzene rings is 2. The van der Waals surface area contributed by atoms with Gasteiger partial charge in [0.05, 0.1) is 5.56 Å². The molecule has 0 aromatic heterocycles. The number of hydrogen-bond acceptors (Lipinski definition) is 3. The molecule has 4 heteroatoms. The van der Waals surface area contributed by atoms with Crippen LogP contribution in [0.4, 0.5) is 10.1 Å². The van der Waals surface area contributed by atoms with Gasteiger partial charge in [-0.3, -0.25) is 0 Å². The van der Waals surface area contributed by atoms with E-state index < -0.39 is 5.82 Å². The number of nitriles is 1. The van der Waals surface area contributed by atoms with E-state index in [4.69, 9.17) is 11.0 Å². The Morgan fingerprint density at radius 1 is 1.26 bits per heavy atom. The number of thioether (sulfide) groups is 1. The molecular weight excluding hydrogens is 259 g/mol. The van der Waals surface area contributed by atoms with E-state index in [-0.39, 0.29) is 5.56 Å². The van der Waals surface area contributed by atoms with E-state index in [1.54, 1.807) is 23.9 Å². The molecule has 0 saturated heterocycles. The lowest BCUT2D eigenvalue weighted by Crippen LogP contribution is -1.90. The first kappa shape index (κ1) is 13.4. The summed E-state index contributed by atoms with van der Waals surface area (Å²) in [4.78, 5) is 1.11. The van der Waals surface area contributed by atoms with Gasteiger partial charge in [0.2, 0.25) is 0 Å². The summed E-state index contributed by atoms with van der Waals surface area (Å²) in [6.07, 6.45) is 0. The molecule has 2 aromatic carbocycles. The molecular formula is C15H13FN2S. The van der Waals surface area contributed by atoms with Crippen molar-refractivity contribution in [2.45, 2.75) is 17.6 Å². The normalized spacial score (nSPS) is 10.2. The standard InChI is InChI=1S/C15H13FN2S/c1-10-6-13(3-5-15(10)18)19-9-11-2-4-14(16)12(7-11)8-17/h2-7H,9,18H2,1H3. The molecule has 0 aliphatic heterocycles. The number of nitrogens with two attached hydrogens (primary N) is 1. The summed E-state index contributed by atoms with van der Waals surface area (Å²) < 4.78 is 13.2. The minimum atomic E-state index is -0.473. The van der Waals surface area contributed by atoms with Gasteiger partial charge in [0.1, 0.15) is 11.9 Å². The number of aryl methyl sites for hydroxylation is 1. The minimum absolute atomic E-state index is 0.0894. The lowest BCUT2D eigenvalue weighted by atomic mass is 10.1. The van der Waals surface area contributed by atoms with Crippen molar-refractivity contribution in [2.75, 3.05) is 5.73 Å². The van der Waals surface area contributed by atoms with Crippen LogP contribution in [0.3, 0.4) is 0 Å². The van der Waals surface area contributed by atoms with Crippen molar-refractivity contribution in [1.29, 1.82) is 5.26 Å². The smallest absolute Gasteiger partial charge is 0.140 e. The molecule has 0 aliphatic carbocycles. The number of anilines is 1. The average molecular weight is 272 g/mol. The Morgan fingerprint density at radius 3 is 2.74 bits per heavy atom. The van der Waals surface area contributed by atoms with Gasteiger partial charge in [0.15, 0.2) is 0 Å². The monoisotopic (exact) mass is 272 g/mol. The Balaban J connectivity index is 2.10. The Hall–Kier alpha value is -1.99. The van der Waals surface area contributed by atoms with Gasteiger partial charge in [-0.05, 0) is 48.4 Å². The molecule has 0 atom stereocenters. The maximum Gasteiger partial charge on any atom is 0.140 e. The van der Waals surface area contributed by atoms with Crippen molar-refractivity contribution in [3.63, 3.8) is 0 Å². The zero-order valence-electron chi connectivity index (χ0n) is 10.5. The van der Waals surface area contributed by atoms with Gasteiger partial charge in [0.25, 0.3) is 0 Å². The number of nitrogens with zero attached hydrogens (tertiary/aromatic N) is 1. The van der Waals surface area contributed by atoms with Crippen LogP contribution in [0.2, 0.25) is 0 Å². The molecule has 96 valence electrons. The van der Waals surface area contributed by atoms with Gasteiger partial charge in [-0.2, -0.15) is 5.26 Å². The van der Waals surface area contributed by atoms with Crippen molar-refractivity contribution in [3.8, 4) is 6.07 Å². The summed E-state index contributed by atoms with van der Waals surface area (Å²) in [5.74, 6) is 0.220. The molecule has 2 aromatic rings. The zero-order chi connectivity index (χ0) is 13.8. The summed E-state index contributed by atoms with van der Waals surface area (Å²) in [5.41, 5.74) is 8.60. The molecule has 0 spiro atoms. The van der Waals surface area contributed by atoms with Crippen LogP contribution in [0.25, 0.3) is 0 Å². The number of halogens is 1. The highest BCUT2D eigenvalue weighted by molar-refractivity contribution is 7.98. The summed E-state index contributed by atoms with van der Waals surface area (Å²) in [5, 5.41) is 8.78. The third kappa shape index (κ3) is 3.27. The van der Waals surface area contributed by atoms with Crippen LogP contribution < -0.4 is 5.73 Å². The third-order valence-electron chi connectivity index (χ3n) is 2.80. The second kappa shape index (κ2) is 5.77. The van der Waals surface area contributed by atoms with E-state index in [0.29, 0.717) is 5.75 Å². The van der Waals surface area contributed by atoms with Gasteiger partial charge in [-0.1, -0.05) is 6.07 Å². The van der Waals surface area contributed by atoms with Crippen LogP contribution in [0, 0.1) is 24.1 Å². The predicted octanol–water partition coefficient (Wildman–Crippen LogP) is 3.88. The van der Waals surface area contributed by atoms with E-state index in [9.17, 15) is 4.39 Å². The minimum Gasteiger partial charge on any atom is -0.399 e. The maximum atomic E-state index is 13.2.